The highest BCUT2D eigenvalue weighted by atomic mass is 35.5. The fourth-order valence-electron chi connectivity index (χ4n) is 3.12. The zero-order chi connectivity index (χ0) is 14.6. The van der Waals surface area contributed by atoms with E-state index in [1.807, 2.05) is 0 Å². The maximum absolute atomic E-state index is 6.42. The van der Waals surface area contributed by atoms with Crippen molar-refractivity contribution >= 4 is 17.3 Å². The van der Waals surface area contributed by atoms with Crippen LogP contribution in [0.25, 0.3) is 0 Å². The van der Waals surface area contributed by atoms with Crippen LogP contribution in [-0.2, 0) is 6.54 Å². The lowest BCUT2D eigenvalue weighted by Gasteiger charge is -2.27. The molecule has 0 aromatic heterocycles. The normalized spacial score (nSPS) is 17.7. The number of anilines is 1. The molecule has 0 spiro atoms. The molecule has 1 aromatic rings. The van der Waals surface area contributed by atoms with Crippen LogP contribution >= 0.6 is 11.6 Å². The van der Waals surface area contributed by atoms with Gasteiger partial charge in [0, 0.05) is 30.3 Å². The lowest BCUT2D eigenvalue weighted by Crippen LogP contribution is -2.26. The van der Waals surface area contributed by atoms with Gasteiger partial charge < -0.3 is 10.2 Å². The van der Waals surface area contributed by atoms with Gasteiger partial charge >= 0.3 is 0 Å². The van der Waals surface area contributed by atoms with Crippen LogP contribution in [0.1, 0.15) is 45.6 Å². The van der Waals surface area contributed by atoms with Crippen molar-refractivity contribution in [3.63, 3.8) is 0 Å². The van der Waals surface area contributed by atoms with E-state index in [1.165, 1.54) is 37.1 Å². The molecule has 1 aliphatic heterocycles. The van der Waals surface area contributed by atoms with Crippen molar-refractivity contribution in [3.05, 3.63) is 28.8 Å². The fraction of sp³-hybridized carbons (Fsp3) is 0.647. The van der Waals surface area contributed by atoms with Crippen molar-refractivity contribution in [2.45, 2.75) is 46.6 Å². The molecule has 0 amide bonds. The van der Waals surface area contributed by atoms with Crippen molar-refractivity contribution in [2.75, 3.05) is 24.5 Å². The summed E-state index contributed by atoms with van der Waals surface area (Å²) in [6, 6.07) is 6.52. The SMILES string of the molecule is CCNCc1ccc(N2CCC(CC)(CC)C2)cc1Cl. The number of hydrogen-bond donors (Lipinski definition) is 1. The number of hydrogen-bond acceptors (Lipinski definition) is 2. The van der Waals surface area contributed by atoms with Gasteiger partial charge in [-0.25, -0.2) is 0 Å². The topological polar surface area (TPSA) is 15.3 Å². The van der Waals surface area contributed by atoms with E-state index in [0.717, 1.165) is 24.7 Å². The number of nitrogens with one attached hydrogen (secondary N) is 1. The molecule has 112 valence electrons. The molecule has 1 fully saturated rings. The van der Waals surface area contributed by atoms with E-state index in [0.29, 0.717) is 5.41 Å². The maximum Gasteiger partial charge on any atom is 0.0471 e. The van der Waals surface area contributed by atoms with Crippen LogP contribution in [0.3, 0.4) is 0 Å². The Balaban J connectivity index is 2.09. The first kappa shape index (κ1) is 15.7. The van der Waals surface area contributed by atoms with Crippen molar-refractivity contribution < 1.29 is 0 Å². The van der Waals surface area contributed by atoms with Crippen molar-refractivity contribution in [3.8, 4) is 0 Å². The Morgan fingerprint density at radius 3 is 2.55 bits per heavy atom. The van der Waals surface area contributed by atoms with E-state index >= 15 is 0 Å². The Morgan fingerprint density at radius 2 is 2.00 bits per heavy atom. The highest BCUT2D eigenvalue weighted by Gasteiger charge is 2.34. The second-order valence-corrected chi connectivity index (χ2v) is 6.34. The lowest BCUT2D eigenvalue weighted by molar-refractivity contribution is 0.301. The fourth-order valence-corrected chi connectivity index (χ4v) is 3.36. The molecule has 0 aliphatic carbocycles. The average Bonchev–Trinajstić information content (AvgIpc) is 2.91. The van der Waals surface area contributed by atoms with Gasteiger partial charge in [-0.05, 0) is 48.9 Å². The zero-order valence-corrected chi connectivity index (χ0v) is 13.8. The maximum atomic E-state index is 6.42. The second-order valence-electron chi connectivity index (χ2n) is 5.93. The molecule has 2 nitrogen and oxygen atoms in total. The van der Waals surface area contributed by atoms with Crippen LogP contribution < -0.4 is 10.2 Å². The summed E-state index contributed by atoms with van der Waals surface area (Å²) in [6.45, 7) is 10.9. The Labute approximate surface area is 128 Å². The van der Waals surface area contributed by atoms with Gasteiger partial charge in [-0.15, -0.1) is 0 Å². The number of halogens is 1. The molecule has 2 rings (SSSR count). The van der Waals surface area contributed by atoms with Crippen LogP contribution in [0.2, 0.25) is 5.02 Å². The summed E-state index contributed by atoms with van der Waals surface area (Å²) in [5.41, 5.74) is 2.97. The predicted molar refractivity (Wildman–Crippen MR) is 88.7 cm³/mol. The third-order valence-electron chi connectivity index (χ3n) is 4.91. The molecule has 0 atom stereocenters. The molecule has 1 aliphatic rings. The summed E-state index contributed by atoms with van der Waals surface area (Å²) in [7, 11) is 0. The molecule has 20 heavy (non-hydrogen) atoms. The third kappa shape index (κ3) is 3.29. The minimum Gasteiger partial charge on any atom is -0.371 e. The Hall–Kier alpha value is -0.730. The van der Waals surface area contributed by atoms with E-state index in [9.17, 15) is 0 Å². The minimum absolute atomic E-state index is 0.509. The summed E-state index contributed by atoms with van der Waals surface area (Å²) in [5, 5.41) is 4.21. The van der Waals surface area contributed by atoms with Crippen LogP contribution in [0.4, 0.5) is 5.69 Å². The molecule has 1 saturated heterocycles. The molecule has 3 heteroatoms. The highest BCUT2D eigenvalue weighted by molar-refractivity contribution is 6.31. The molecule has 1 heterocycles. The predicted octanol–water partition coefficient (Wildman–Crippen LogP) is 4.47. The van der Waals surface area contributed by atoms with Crippen LogP contribution in [0.15, 0.2) is 18.2 Å². The van der Waals surface area contributed by atoms with Crippen molar-refractivity contribution in [2.24, 2.45) is 5.41 Å². The third-order valence-corrected chi connectivity index (χ3v) is 5.26. The van der Waals surface area contributed by atoms with Crippen molar-refractivity contribution in [1.29, 1.82) is 0 Å². The molecule has 1 aromatic carbocycles. The molecule has 0 radical (unpaired) electrons. The lowest BCUT2D eigenvalue weighted by atomic mass is 9.82. The summed E-state index contributed by atoms with van der Waals surface area (Å²) < 4.78 is 0. The standard InChI is InChI=1S/C17H27ClN2/c1-4-17(5-2)9-10-20(13-17)15-8-7-14(12-19-6-3)16(18)11-15/h7-8,11,19H,4-6,9-10,12-13H2,1-3H3. The Kier molecular flexibility index (Phi) is 5.34. The van der Waals surface area contributed by atoms with Gasteiger partial charge in [0.1, 0.15) is 0 Å². The van der Waals surface area contributed by atoms with Gasteiger partial charge in [0.25, 0.3) is 0 Å². The highest BCUT2D eigenvalue weighted by Crippen LogP contribution is 2.39. The van der Waals surface area contributed by atoms with Crippen molar-refractivity contribution in [1.82, 2.24) is 5.32 Å². The summed E-state index contributed by atoms with van der Waals surface area (Å²) >= 11 is 6.42. The molecule has 1 N–H and O–H groups in total. The van der Waals surface area contributed by atoms with Crippen LogP contribution in [0.5, 0.6) is 0 Å². The summed E-state index contributed by atoms with van der Waals surface area (Å²) in [6.07, 6.45) is 3.84. The number of nitrogens with zero attached hydrogens (tertiary/aromatic N) is 1. The minimum atomic E-state index is 0.509. The Bertz CT molecular complexity index is 441. The van der Waals surface area contributed by atoms with Crippen LogP contribution in [0, 0.1) is 5.41 Å². The molecule has 0 saturated carbocycles. The molecular formula is C17H27ClN2. The largest absolute Gasteiger partial charge is 0.371 e. The Morgan fingerprint density at radius 1 is 1.25 bits per heavy atom. The quantitative estimate of drug-likeness (QED) is 0.833. The average molecular weight is 295 g/mol. The molecule has 0 unspecified atom stereocenters. The zero-order valence-electron chi connectivity index (χ0n) is 13.0. The van der Waals surface area contributed by atoms with Gasteiger partial charge in [-0.2, -0.15) is 0 Å². The van der Waals surface area contributed by atoms with E-state index in [2.05, 4.69) is 49.2 Å². The number of rotatable bonds is 6. The smallest absolute Gasteiger partial charge is 0.0471 e. The summed E-state index contributed by atoms with van der Waals surface area (Å²) in [4.78, 5) is 2.50. The molecule has 0 bridgehead atoms. The first-order chi connectivity index (χ1) is 9.64. The first-order valence-corrected chi connectivity index (χ1v) is 8.26. The van der Waals surface area contributed by atoms with E-state index in [1.54, 1.807) is 0 Å². The van der Waals surface area contributed by atoms with Gasteiger partial charge in [0.2, 0.25) is 0 Å². The summed E-state index contributed by atoms with van der Waals surface area (Å²) in [5.74, 6) is 0. The van der Waals surface area contributed by atoms with Gasteiger partial charge in [-0.3, -0.25) is 0 Å². The molecular weight excluding hydrogens is 268 g/mol. The van der Waals surface area contributed by atoms with Gasteiger partial charge in [-0.1, -0.05) is 38.4 Å². The van der Waals surface area contributed by atoms with E-state index < -0.39 is 0 Å². The van der Waals surface area contributed by atoms with Gasteiger partial charge in [0.05, 0.1) is 0 Å². The van der Waals surface area contributed by atoms with E-state index in [4.69, 9.17) is 11.6 Å². The first-order valence-electron chi connectivity index (χ1n) is 7.88. The van der Waals surface area contributed by atoms with Crippen LogP contribution in [-0.4, -0.2) is 19.6 Å². The number of benzene rings is 1. The van der Waals surface area contributed by atoms with Gasteiger partial charge in [0.15, 0.2) is 0 Å². The monoisotopic (exact) mass is 294 g/mol. The van der Waals surface area contributed by atoms with E-state index in [-0.39, 0.29) is 0 Å². The second kappa shape index (κ2) is 6.82.